The van der Waals surface area contributed by atoms with Crippen molar-refractivity contribution in [3.63, 3.8) is 0 Å². The summed E-state index contributed by atoms with van der Waals surface area (Å²) in [4.78, 5) is 25.0. The Kier molecular flexibility index (Phi) is 4.58. The lowest BCUT2D eigenvalue weighted by Gasteiger charge is -2.27. The lowest BCUT2D eigenvalue weighted by molar-refractivity contribution is 0.0911. The van der Waals surface area contributed by atoms with Gasteiger partial charge in [-0.05, 0) is 30.5 Å². The van der Waals surface area contributed by atoms with Gasteiger partial charge in [0, 0.05) is 29.7 Å². The molecule has 0 radical (unpaired) electrons. The van der Waals surface area contributed by atoms with E-state index in [0.717, 1.165) is 10.9 Å². The zero-order valence-corrected chi connectivity index (χ0v) is 17.8. The molecule has 0 aliphatic rings. The molecule has 150 valence electrons. The maximum Gasteiger partial charge on any atom is 0.255 e. The third kappa shape index (κ3) is 3.46. The fraction of sp³-hybridized carbons (Fsp3) is 0.333. The van der Waals surface area contributed by atoms with E-state index in [4.69, 9.17) is 16.6 Å². The minimum absolute atomic E-state index is 0.00188. The highest BCUT2D eigenvalue weighted by atomic mass is 35.5. The summed E-state index contributed by atoms with van der Waals surface area (Å²) in [6.45, 7) is 8.25. The van der Waals surface area contributed by atoms with Crippen LogP contribution in [0.3, 0.4) is 0 Å². The number of H-pyrrole nitrogens is 1. The first-order valence-corrected chi connectivity index (χ1v) is 9.80. The molecule has 0 aliphatic carbocycles. The number of amides is 1. The average Bonchev–Trinajstić information content (AvgIpc) is 3.21. The van der Waals surface area contributed by atoms with Crippen LogP contribution in [-0.2, 0) is 7.05 Å². The van der Waals surface area contributed by atoms with Crippen molar-refractivity contribution in [2.75, 3.05) is 0 Å². The highest BCUT2D eigenvalue weighted by Crippen LogP contribution is 2.29. The molecule has 2 N–H and O–H groups in total. The fourth-order valence-electron chi connectivity index (χ4n) is 3.10. The number of carbonyl (C=O) groups is 1. The Morgan fingerprint density at radius 1 is 1.31 bits per heavy atom. The van der Waals surface area contributed by atoms with Crippen molar-refractivity contribution in [2.24, 2.45) is 12.5 Å². The van der Waals surface area contributed by atoms with Gasteiger partial charge in [0.1, 0.15) is 16.9 Å². The van der Waals surface area contributed by atoms with Gasteiger partial charge < -0.3 is 10.3 Å². The Balaban J connectivity index is 1.79. The van der Waals surface area contributed by atoms with Crippen LogP contribution >= 0.6 is 11.6 Å². The number of rotatable bonds is 3. The fourth-order valence-corrected chi connectivity index (χ4v) is 3.27. The van der Waals surface area contributed by atoms with Crippen LogP contribution in [0.2, 0.25) is 5.02 Å². The molecule has 0 fully saturated rings. The largest absolute Gasteiger partial charge is 0.349 e. The summed E-state index contributed by atoms with van der Waals surface area (Å²) in [5, 5.41) is 9.15. The van der Waals surface area contributed by atoms with Gasteiger partial charge in [0.15, 0.2) is 5.65 Å². The summed E-state index contributed by atoms with van der Waals surface area (Å²) in [6.07, 6.45) is 3.30. The molecule has 0 bridgehead atoms. The summed E-state index contributed by atoms with van der Waals surface area (Å²) < 4.78 is 1.78. The van der Waals surface area contributed by atoms with E-state index in [1.807, 2.05) is 32.2 Å². The van der Waals surface area contributed by atoms with E-state index >= 15 is 0 Å². The average molecular weight is 411 g/mol. The third-order valence-corrected chi connectivity index (χ3v) is 5.56. The number of aromatic nitrogens is 5. The van der Waals surface area contributed by atoms with Crippen LogP contribution in [0, 0.1) is 5.41 Å². The quantitative estimate of drug-likeness (QED) is 0.526. The van der Waals surface area contributed by atoms with Crippen LogP contribution in [0.1, 0.15) is 38.1 Å². The van der Waals surface area contributed by atoms with E-state index in [0.29, 0.717) is 33.1 Å². The number of nitrogens with zero attached hydrogens (tertiary/aromatic N) is 4. The van der Waals surface area contributed by atoms with Gasteiger partial charge in [0.05, 0.1) is 17.3 Å². The van der Waals surface area contributed by atoms with Gasteiger partial charge in [0.2, 0.25) is 0 Å². The normalized spacial score (nSPS) is 13.2. The molecule has 29 heavy (non-hydrogen) atoms. The van der Waals surface area contributed by atoms with Crippen molar-refractivity contribution < 1.29 is 4.79 Å². The minimum Gasteiger partial charge on any atom is -0.349 e. The summed E-state index contributed by atoms with van der Waals surface area (Å²) in [7, 11) is 1.87. The smallest absolute Gasteiger partial charge is 0.255 e. The second kappa shape index (κ2) is 6.84. The summed E-state index contributed by atoms with van der Waals surface area (Å²) in [5.74, 6) is -0.181. The number of hydrogen-bond donors (Lipinski definition) is 2. The second-order valence-electron chi connectivity index (χ2n) is 8.35. The number of hydrogen-bond acceptors (Lipinski definition) is 4. The zero-order chi connectivity index (χ0) is 20.9. The van der Waals surface area contributed by atoms with E-state index in [1.54, 1.807) is 17.1 Å². The lowest BCUT2D eigenvalue weighted by atomic mass is 9.88. The van der Waals surface area contributed by atoms with Crippen molar-refractivity contribution in [2.45, 2.75) is 33.7 Å². The highest BCUT2D eigenvalue weighted by molar-refractivity contribution is 6.31. The molecule has 4 rings (SSSR count). The van der Waals surface area contributed by atoms with Crippen LogP contribution < -0.4 is 5.32 Å². The first kappa shape index (κ1) is 19.4. The number of benzene rings is 1. The lowest BCUT2D eigenvalue weighted by Crippen LogP contribution is -2.41. The maximum atomic E-state index is 12.8. The van der Waals surface area contributed by atoms with E-state index < -0.39 is 0 Å². The Morgan fingerprint density at radius 2 is 2.07 bits per heavy atom. The molecule has 4 aromatic rings. The summed E-state index contributed by atoms with van der Waals surface area (Å²) >= 11 is 6.19. The van der Waals surface area contributed by atoms with Gasteiger partial charge in [-0.1, -0.05) is 32.4 Å². The van der Waals surface area contributed by atoms with Crippen LogP contribution in [0.5, 0.6) is 0 Å². The van der Waals surface area contributed by atoms with E-state index in [1.165, 1.54) is 0 Å². The summed E-state index contributed by atoms with van der Waals surface area (Å²) in [6, 6.07) is 5.61. The maximum absolute atomic E-state index is 12.8. The summed E-state index contributed by atoms with van der Waals surface area (Å²) in [5.41, 5.74) is 3.69. The topological polar surface area (TPSA) is 88.5 Å². The van der Waals surface area contributed by atoms with E-state index in [9.17, 15) is 4.79 Å². The van der Waals surface area contributed by atoms with Gasteiger partial charge in [-0.25, -0.2) is 9.97 Å². The molecule has 1 amide bonds. The zero-order valence-electron chi connectivity index (χ0n) is 17.0. The monoisotopic (exact) mass is 410 g/mol. The number of nitrogens with one attached hydrogen (secondary N) is 2. The van der Waals surface area contributed by atoms with Gasteiger partial charge in [-0.3, -0.25) is 9.48 Å². The van der Waals surface area contributed by atoms with Crippen LogP contribution in [-0.4, -0.2) is 36.7 Å². The van der Waals surface area contributed by atoms with E-state index in [-0.39, 0.29) is 17.4 Å². The van der Waals surface area contributed by atoms with Crippen molar-refractivity contribution in [1.29, 1.82) is 0 Å². The Bertz CT molecular complexity index is 1230. The number of aryl methyl sites for hydroxylation is 1. The second-order valence-corrected chi connectivity index (χ2v) is 8.79. The predicted octanol–water partition coefficient (Wildman–Crippen LogP) is 4.33. The Labute approximate surface area is 173 Å². The third-order valence-electron chi connectivity index (χ3n) is 5.33. The molecule has 1 unspecified atom stereocenters. The molecule has 3 aromatic heterocycles. The van der Waals surface area contributed by atoms with Crippen molar-refractivity contribution in [3.8, 4) is 11.4 Å². The molecular formula is C21H23ClN6O. The van der Waals surface area contributed by atoms with Gasteiger partial charge in [-0.15, -0.1) is 0 Å². The SMILES string of the molecule is CC(NC(=O)c1c[nH]c2ncc(-c3nn(C)c4ccc(Cl)cc34)nc12)C(C)(C)C. The molecule has 1 atom stereocenters. The van der Waals surface area contributed by atoms with Crippen LogP contribution in [0.15, 0.2) is 30.6 Å². The number of carbonyl (C=O) groups excluding carboxylic acids is 1. The number of aromatic amines is 1. The number of fused-ring (bicyclic) bond motifs is 2. The van der Waals surface area contributed by atoms with Gasteiger partial charge in [0.25, 0.3) is 5.91 Å². The molecular weight excluding hydrogens is 388 g/mol. The molecule has 0 saturated carbocycles. The molecule has 0 spiro atoms. The predicted molar refractivity (Wildman–Crippen MR) is 115 cm³/mol. The molecule has 8 heteroatoms. The minimum atomic E-state index is -0.181. The van der Waals surface area contributed by atoms with Crippen LogP contribution in [0.4, 0.5) is 0 Å². The first-order valence-electron chi connectivity index (χ1n) is 9.43. The molecule has 1 aromatic carbocycles. The highest BCUT2D eigenvalue weighted by Gasteiger charge is 2.24. The van der Waals surface area contributed by atoms with Gasteiger partial charge in [-0.2, -0.15) is 5.10 Å². The van der Waals surface area contributed by atoms with Crippen molar-refractivity contribution >= 4 is 39.6 Å². The Hall–Kier alpha value is -2.93. The molecule has 0 saturated heterocycles. The molecule has 3 heterocycles. The van der Waals surface area contributed by atoms with Crippen molar-refractivity contribution in [1.82, 2.24) is 30.0 Å². The standard InChI is InChI=1S/C21H23ClN6O/c1-11(21(2,3)4)25-20(29)14-9-23-19-18(14)26-15(10-24-19)17-13-8-12(22)6-7-16(13)28(5)27-17/h6-11H,1-5H3,(H,23,24)(H,25,29). The molecule has 0 aliphatic heterocycles. The number of halogens is 1. The molecule has 7 nitrogen and oxygen atoms in total. The first-order chi connectivity index (χ1) is 13.6. The van der Waals surface area contributed by atoms with Crippen LogP contribution in [0.25, 0.3) is 33.5 Å². The van der Waals surface area contributed by atoms with Crippen molar-refractivity contribution in [3.05, 3.63) is 41.2 Å². The van der Waals surface area contributed by atoms with E-state index in [2.05, 4.69) is 41.2 Å². The Morgan fingerprint density at radius 3 is 2.79 bits per heavy atom. The van der Waals surface area contributed by atoms with Gasteiger partial charge >= 0.3 is 0 Å².